The van der Waals surface area contributed by atoms with Crippen molar-refractivity contribution in [2.24, 2.45) is 0 Å². The molecular formula is C21H25N5O3. The minimum atomic E-state index is -0.204. The molecule has 3 heterocycles. The number of fused-ring (bicyclic) bond motifs is 1. The lowest BCUT2D eigenvalue weighted by molar-refractivity contribution is -0.0365. The average molecular weight is 395 g/mol. The van der Waals surface area contributed by atoms with Crippen LogP contribution in [0.25, 0.3) is 0 Å². The summed E-state index contributed by atoms with van der Waals surface area (Å²) in [4.78, 5) is 32.9. The Morgan fingerprint density at radius 1 is 1.14 bits per heavy atom. The van der Waals surface area contributed by atoms with E-state index < -0.39 is 0 Å². The van der Waals surface area contributed by atoms with Crippen molar-refractivity contribution in [1.82, 2.24) is 20.1 Å². The number of pyridine rings is 1. The highest BCUT2D eigenvalue weighted by atomic mass is 16.5. The number of hydrogen-bond donors (Lipinski definition) is 2. The number of amides is 3. The fourth-order valence-corrected chi connectivity index (χ4v) is 3.63. The van der Waals surface area contributed by atoms with E-state index in [1.54, 1.807) is 18.3 Å². The zero-order chi connectivity index (χ0) is 20.1. The van der Waals surface area contributed by atoms with Gasteiger partial charge in [0.05, 0.1) is 24.8 Å². The lowest BCUT2D eigenvalue weighted by Crippen LogP contribution is -2.60. The Morgan fingerprint density at radius 2 is 2.00 bits per heavy atom. The Labute approximate surface area is 169 Å². The summed E-state index contributed by atoms with van der Waals surface area (Å²) in [5.41, 5.74) is 2.17. The van der Waals surface area contributed by atoms with E-state index in [1.807, 2.05) is 29.2 Å². The molecule has 2 saturated heterocycles. The number of hydrogen-bond acceptors (Lipinski definition) is 5. The molecule has 1 unspecified atom stereocenters. The predicted octanol–water partition coefficient (Wildman–Crippen LogP) is 1.56. The largest absolute Gasteiger partial charge is 0.378 e. The van der Waals surface area contributed by atoms with Crippen LogP contribution >= 0.6 is 0 Å². The second-order valence-corrected chi connectivity index (χ2v) is 7.26. The third-order valence-electron chi connectivity index (χ3n) is 5.30. The monoisotopic (exact) mass is 395 g/mol. The predicted molar refractivity (Wildman–Crippen MR) is 109 cm³/mol. The van der Waals surface area contributed by atoms with Crippen molar-refractivity contribution in [2.75, 3.05) is 44.7 Å². The third kappa shape index (κ3) is 4.90. The number of urea groups is 1. The molecule has 8 nitrogen and oxygen atoms in total. The molecule has 29 heavy (non-hydrogen) atoms. The van der Waals surface area contributed by atoms with Gasteiger partial charge in [0.25, 0.3) is 5.91 Å². The number of piperazine rings is 1. The van der Waals surface area contributed by atoms with E-state index in [9.17, 15) is 9.59 Å². The standard InChI is InChI=1S/C21H25N5O3/c27-20(17-2-1-7-22-13-17)24-18-5-3-16(4-6-18)12-23-21(28)26-9-8-25-10-11-29-15-19(25)14-26/h1-7,13,19H,8-12,14-15H2,(H,23,28)(H,24,27). The molecule has 0 saturated carbocycles. The summed E-state index contributed by atoms with van der Waals surface area (Å²) < 4.78 is 5.53. The molecule has 4 rings (SSSR count). The number of carbonyl (C=O) groups excluding carboxylic acids is 2. The van der Waals surface area contributed by atoms with Gasteiger partial charge in [-0.2, -0.15) is 0 Å². The maximum Gasteiger partial charge on any atom is 0.317 e. The molecule has 2 aromatic rings. The van der Waals surface area contributed by atoms with Gasteiger partial charge in [-0.1, -0.05) is 12.1 Å². The first-order valence-electron chi connectivity index (χ1n) is 9.84. The summed E-state index contributed by atoms with van der Waals surface area (Å²) in [7, 11) is 0. The van der Waals surface area contributed by atoms with Crippen LogP contribution in [0.15, 0.2) is 48.8 Å². The van der Waals surface area contributed by atoms with Gasteiger partial charge in [-0.25, -0.2) is 4.79 Å². The maximum absolute atomic E-state index is 12.5. The normalized spacial score (nSPS) is 19.3. The highest BCUT2D eigenvalue weighted by molar-refractivity contribution is 6.04. The Hall–Kier alpha value is -2.97. The lowest BCUT2D eigenvalue weighted by atomic mass is 10.1. The van der Waals surface area contributed by atoms with Crippen molar-refractivity contribution in [3.8, 4) is 0 Å². The van der Waals surface area contributed by atoms with Gasteiger partial charge in [0.15, 0.2) is 0 Å². The molecule has 2 aliphatic rings. The van der Waals surface area contributed by atoms with Crippen molar-refractivity contribution in [1.29, 1.82) is 0 Å². The van der Waals surface area contributed by atoms with E-state index in [0.717, 1.165) is 31.8 Å². The van der Waals surface area contributed by atoms with Crippen LogP contribution in [0, 0.1) is 0 Å². The van der Waals surface area contributed by atoms with E-state index in [-0.39, 0.29) is 11.9 Å². The molecule has 1 atom stereocenters. The maximum atomic E-state index is 12.5. The van der Waals surface area contributed by atoms with Gasteiger partial charge in [0.1, 0.15) is 0 Å². The van der Waals surface area contributed by atoms with Crippen LogP contribution in [0.5, 0.6) is 0 Å². The van der Waals surface area contributed by atoms with E-state index in [0.29, 0.717) is 37.0 Å². The van der Waals surface area contributed by atoms with Crippen molar-refractivity contribution in [3.05, 3.63) is 59.9 Å². The fourth-order valence-electron chi connectivity index (χ4n) is 3.63. The van der Waals surface area contributed by atoms with Gasteiger partial charge in [0.2, 0.25) is 0 Å². The quantitative estimate of drug-likeness (QED) is 0.821. The molecule has 0 radical (unpaired) electrons. The molecular weight excluding hydrogens is 370 g/mol. The van der Waals surface area contributed by atoms with Crippen LogP contribution in [-0.4, -0.2) is 72.2 Å². The number of benzene rings is 1. The van der Waals surface area contributed by atoms with Crippen LogP contribution in [0.3, 0.4) is 0 Å². The van der Waals surface area contributed by atoms with Gasteiger partial charge in [-0.15, -0.1) is 0 Å². The molecule has 2 aliphatic heterocycles. The Kier molecular flexibility index (Phi) is 6.02. The average Bonchev–Trinajstić information content (AvgIpc) is 2.78. The van der Waals surface area contributed by atoms with Crippen molar-refractivity contribution >= 4 is 17.6 Å². The summed E-state index contributed by atoms with van der Waals surface area (Å²) in [5, 5.41) is 5.82. The number of nitrogens with zero attached hydrogens (tertiary/aromatic N) is 3. The lowest BCUT2D eigenvalue weighted by Gasteiger charge is -2.43. The first kappa shape index (κ1) is 19.4. The summed E-state index contributed by atoms with van der Waals surface area (Å²) in [6, 6.07) is 11.1. The molecule has 8 heteroatoms. The molecule has 2 fully saturated rings. The molecule has 1 aromatic heterocycles. The fraction of sp³-hybridized carbons (Fsp3) is 0.381. The van der Waals surface area contributed by atoms with E-state index >= 15 is 0 Å². The summed E-state index contributed by atoms with van der Waals surface area (Å²) >= 11 is 0. The topological polar surface area (TPSA) is 86.8 Å². The van der Waals surface area contributed by atoms with Crippen LogP contribution in [-0.2, 0) is 11.3 Å². The number of anilines is 1. The number of morpholine rings is 1. The first-order valence-corrected chi connectivity index (χ1v) is 9.84. The SMILES string of the molecule is O=C(Nc1ccc(CNC(=O)N2CCN3CCOCC3C2)cc1)c1cccnc1. The molecule has 152 valence electrons. The van der Waals surface area contributed by atoms with Crippen molar-refractivity contribution in [3.63, 3.8) is 0 Å². The van der Waals surface area contributed by atoms with E-state index in [4.69, 9.17) is 4.74 Å². The highest BCUT2D eigenvalue weighted by Crippen LogP contribution is 2.14. The van der Waals surface area contributed by atoms with Gasteiger partial charge in [-0.3, -0.25) is 14.7 Å². The smallest absolute Gasteiger partial charge is 0.317 e. The molecule has 1 aromatic carbocycles. The zero-order valence-electron chi connectivity index (χ0n) is 16.2. The Morgan fingerprint density at radius 3 is 2.79 bits per heavy atom. The second kappa shape index (κ2) is 9.02. The number of aromatic nitrogens is 1. The molecule has 0 spiro atoms. The number of nitrogens with one attached hydrogen (secondary N) is 2. The minimum Gasteiger partial charge on any atom is -0.378 e. The van der Waals surface area contributed by atoms with E-state index in [1.165, 1.54) is 6.20 Å². The van der Waals surface area contributed by atoms with Crippen molar-refractivity contribution < 1.29 is 14.3 Å². The van der Waals surface area contributed by atoms with Crippen LogP contribution < -0.4 is 10.6 Å². The van der Waals surface area contributed by atoms with Gasteiger partial charge in [-0.05, 0) is 29.8 Å². The molecule has 2 N–H and O–H groups in total. The Balaban J connectivity index is 1.26. The highest BCUT2D eigenvalue weighted by Gasteiger charge is 2.31. The molecule has 0 bridgehead atoms. The molecule has 0 aliphatic carbocycles. The summed E-state index contributed by atoms with van der Waals surface area (Å²) in [5.74, 6) is -0.204. The zero-order valence-corrected chi connectivity index (χ0v) is 16.2. The minimum absolute atomic E-state index is 0.0517. The number of carbonyl (C=O) groups is 2. The van der Waals surface area contributed by atoms with E-state index in [2.05, 4.69) is 20.5 Å². The van der Waals surface area contributed by atoms with Crippen LogP contribution in [0.4, 0.5) is 10.5 Å². The van der Waals surface area contributed by atoms with Crippen LogP contribution in [0.1, 0.15) is 15.9 Å². The first-order chi connectivity index (χ1) is 14.2. The second-order valence-electron chi connectivity index (χ2n) is 7.26. The third-order valence-corrected chi connectivity index (χ3v) is 5.30. The summed E-state index contributed by atoms with van der Waals surface area (Å²) in [6.07, 6.45) is 3.15. The number of rotatable bonds is 4. The van der Waals surface area contributed by atoms with Gasteiger partial charge in [0, 0.05) is 50.8 Å². The Bertz CT molecular complexity index is 843. The summed E-state index contributed by atoms with van der Waals surface area (Å²) in [6.45, 7) is 5.19. The van der Waals surface area contributed by atoms with Gasteiger partial charge >= 0.3 is 6.03 Å². The van der Waals surface area contributed by atoms with Crippen molar-refractivity contribution in [2.45, 2.75) is 12.6 Å². The van der Waals surface area contributed by atoms with Gasteiger partial charge < -0.3 is 20.3 Å². The van der Waals surface area contributed by atoms with Crippen LogP contribution in [0.2, 0.25) is 0 Å². The molecule has 3 amide bonds. The number of ether oxygens (including phenoxy) is 1.